The number of benzene rings is 1. The Kier molecular flexibility index (Phi) is 4.72. The van der Waals surface area contributed by atoms with Crippen LogP contribution in [0.3, 0.4) is 0 Å². The van der Waals surface area contributed by atoms with Gasteiger partial charge in [-0.25, -0.2) is 14.0 Å². The first-order chi connectivity index (χ1) is 8.78. The number of amides is 2. The Balaban J connectivity index is 2.78. The van der Waals surface area contributed by atoms with Crippen molar-refractivity contribution < 1.29 is 19.1 Å². The third kappa shape index (κ3) is 3.82. The Morgan fingerprint density at radius 3 is 2.58 bits per heavy atom. The zero-order chi connectivity index (χ0) is 14.6. The van der Waals surface area contributed by atoms with E-state index in [0.29, 0.717) is 0 Å². The number of urea groups is 1. The molecule has 5 nitrogen and oxygen atoms in total. The van der Waals surface area contributed by atoms with Crippen LogP contribution in [0.15, 0.2) is 18.2 Å². The van der Waals surface area contributed by atoms with Gasteiger partial charge in [0.1, 0.15) is 11.4 Å². The molecule has 1 rings (SSSR count). The molecule has 0 aliphatic heterocycles. The molecule has 1 unspecified atom stereocenters. The van der Waals surface area contributed by atoms with E-state index >= 15 is 0 Å². The Hall–Kier alpha value is -1.82. The molecule has 0 bridgehead atoms. The van der Waals surface area contributed by atoms with Crippen LogP contribution < -0.4 is 10.6 Å². The van der Waals surface area contributed by atoms with Crippen molar-refractivity contribution in [2.75, 3.05) is 5.32 Å². The minimum Gasteiger partial charge on any atom is -0.480 e. The lowest BCUT2D eigenvalue weighted by molar-refractivity contribution is -0.143. The number of carbonyl (C=O) groups is 2. The minimum absolute atomic E-state index is 0.0312. The van der Waals surface area contributed by atoms with E-state index in [1.54, 1.807) is 6.92 Å². The molecule has 19 heavy (non-hydrogen) atoms. The van der Waals surface area contributed by atoms with Crippen LogP contribution in [0, 0.1) is 5.82 Å². The van der Waals surface area contributed by atoms with Crippen molar-refractivity contribution in [1.82, 2.24) is 5.32 Å². The topological polar surface area (TPSA) is 78.4 Å². The SMILES string of the molecule is CCC(C)(NC(=O)Nc1ccc(F)cc1Cl)C(=O)O. The minimum atomic E-state index is -1.38. The molecule has 0 saturated heterocycles. The molecule has 0 aliphatic rings. The highest BCUT2D eigenvalue weighted by Crippen LogP contribution is 2.22. The third-order valence-electron chi connectivity index (χ3n) is 2.75. The Morgan fingerprint density at radius 1 is 1.47 bits per heavy atom. The molecule has 7 heteroatoms. The van der Waals surface area contributed by atoms with E-state index in [9.17, 15) is 14.0 Å². The first kappa shape index (κ1) is 15.2. The van der Waals surface area contributed by atoms with Gasteiger partial charge in [-0.3, -0.25) is 0 Å². The zero-order valence-corrected chi connectivity index (χ0v) is 11.2. The van der Waals surface area contributed by atoms with E-state index in [1.165, 1.54) is 13.0 Å². The number of hydrogen-bond acceptors (Lipinski definition) is 2. The maximum atomic E-state index is 12.8. The molecule has 0 fully saturated rings. The summed E-state index contributed by atoms with van der Waals surface area (Å²) in [7, 11) is 0. The fourth-order valence-corrected chi connectivity index (χ4v) is 1.50. The molecular weight excluding hydrogens is 275 g/mol. The summed E-state index contributed by atoms with van der Waals surface area (Å²) in [6.45, 7) is 3.03. The smallest absolute Gasteiger partial charge is 0.329 e. The van der Waals surface area contributed by atoms with E-state index in [0.717, 1.165) is 12.1 Å². The van der Waals surface area contributed by atoms with Crippen molar-refractivity contribution in [3.63, 3.8) is 0 Å². The Morgan fingerprint density at radius 2 is 2.11 bits per heavy atom. The van der Waals surface area contributed by atoms with E-state index in [1.807, 2.05) is 0 Å². The maximum Gasteiger partial charge on any atom is 0.329 e. The second kappa shape index (κ2) is 5.88. The molecule has 1 atom stereocenters. The summed E-state index contributed by atoms with van der Waals surface area (Å²) in [6, 6.07) is 2.76. The molecule has 1 aromatic carbocycles. The van der Waals surface area contributed by atoms with E-state index in [2.05, 4.69) is 10.6 Å². The van der Waals surface area contributed by atoms with Crippen LogP contribution in [0.5, 0.6) is 0 Å². The summed E-state index contributed by atoms with van der Waals surface area (Å²) < 4.78 is 12.8. The number of hydrogen-bond donors (Lipinski definition) is 3. The Bertz CT molecular complexity index is 510. The molecule has 0 aromatic heterocycles. The van der Waals surface area contributed by atoms with Crippen LogP contribution in [0.2, 0.25) is 5.02 Å². The number of carboxylic acids is 1. The predicted molar refractivity (Wildman–Crippen MR) is 69.9 cm³/mol. The maximum absolute atomic E-state index is 12.8. The second-order valence-electron chi connectivity index (χ2n) is 4.19. The fourth-order valence-electron chi connectivity index (χ4n) is 1.29. The van der Waals surface area contributed by atoms with Crippen molar-refractivity contribution in [3.8, 4) is 0 Å². The third-order valence-corrected chi connectivity index (χ3v) is 3.06. The molecular formula is C12H14ClFN2O3. The van der Waals surface area contributed by atoms with Crippen LogP contribution in [-0.4, -0.2) is 22.6 Å². The highest BCUT2D eigenvalue weighted by molar-refractivity contribution is 6.33. The van der Waals surface area contributed by atoms with Crippen LogP contribution in [0.1, 0.15) is 20.3 Å². The van der Waals surface area contributed by atoms with Crippen molar-refractivity contribution >= 4 is 29.3 Å². The molecule has 3 N–H and O–H groups in total. The number of rotatable bonds is 4. The first-order valence-electron chi connectivity index (χ1n) is 5.56. The largest absolute Gasteiger partial charge is 0.480 e. The van der Waals surface area contributed by atoms with Gasteiger partial charge >= 0.3 is 12.0 Å². The lowest BCUT2D eigenvalue weighted by atomic mass is 10.00. The highest BCUT2D eigenvalue weighted by Gasteiger charge is 2.32. The number of nitrogens with one attached hydrogen (secondary N) is 2. The number of halogens is 2. The number of aliphatic carboxylic acids is 1. The number of anilines is 1. The van der Waals surface area contributed by atoms with Crippen molar-refractivity contribution in [2.24, 2.45) is 0 Å². The lowest BCUT2D eigenvalue weighted by Gasteiger charge is -2.24. The fraction of sp³-hybridized carbons (Fsp3) is 0.333. The van der Waals surface area contributed by atoms with Crippen LogP contribution in [0.4, 0.5) is 14.9 Å². The molecule has 0 spiro atoms. The van der Waals surface area contributed by atoms with Gasteiger partial charge in [-0.2, -0.15) is 0 Å². The summed E-state index contributed by atoms with van der Waals surface area (Å²) in [4.78, 5) is 22.7. The molecule has 0 heterocycles. The normalized spacial score (nSPS) is 13.5. The average Bonchev–Trinajstić information content (AvgIpc) is 2.32. The van der Waals surface area contributed by atoms with Gasteiger partial charge in [0.2, 0.25) is 0 Å². The van der Waals surface area contributed by atoms with Gasteiger partial charge in [0.15, 0.2) is 0 Å². The van der Waals surface area contributed by atoms with E-state index in [4.69, 9.17) is 16.7 Å². The van der Waals surface area contributed by atoms with Crippen molar-refractivity contribution in [2.45, 2.75) is 25.8 Å². The molecule has 1 aromatic rings. The molecule has 0 aliphatic carbocycles. The zero-order valence-electron chi connectivity index (χ0n) is 10.5. The molecule has 0 saturated carbocycles. The second-order valence-corrected chi connectivity index (χ2v) is 4.60. The Labute approximate surface area is 114 Å². The average molecular weight is 289 g/mol. The van der Waals surface area contributed by atoms with Gasteiger partial charge in [0, 0.05) is 0 Å². The molecule has 0 radical (unpaired) electrons. The summed E-state index contributed by atoms with van der Waals surface area (Å²) in [5.74, 6) is -1.67. The van der Waals surface area contributed by atoms with Gasteiger partial charge in [-0.05, 0) is 31.5 Å². The van der Waals surface area contributed by atoms with Gasteiger partial charge in [-0.15, -0.1) is 0 Å². The van der Waals surface area contributed by atoms with Gasteiger partial charge in [0.25, 0.3) is 0 Å². The highest BCUT2D eigenvalue weighted by atomic mass is 35.5. The van der Waals surface area contributed by atoms with Crippen LogP contribution in [0.25, 0.3) is 0 Å². The van der Waals surface area contributed by atoms with Gasteiger partial charge in [-0.1, -0.05) is 18.5 Å². The predicted octanol–water partition coefficient (Wildman–Crippen LogP) is 2.85. The molecule has 2 amide bonds. The number of carboxylic acid groups (broad SMARTS) is 1. The van der Waals surface area contributed by atoms with Crippen LogP contribution in [-0.2, 0) is 4.79 Å². The summed E-state index contributed by atoms with van der Waals surface area (Å²) in [6.07, 6.45) is 0.215. The van der Waals surface area contributed by atoms with E-state index in [-0.39, 0.29) is 17.1 Å². The molecule has 104 valence electrons. The van der Waals surface area contributed by atoms with E-state index < -0.39 is 23.4 Å². The summed E-state index contributed by atoms with van der Waals surface area (Å²) >= 11 is 5.74. The number of carbonyl (C=O) groups excluding carboxylic acids is 1. The quantitative estimate of drug-likeness (QED) is 0.797. The monoisotopic (exact) mass is 288 g/mol. The van der Waals surface area contributed by atoms with Crippen molar-refractivity contribution in [1.29, 1.82) is 0 Å². The van der Waals surface area contributed by atoms with Crippen LogP contribution >= 0.6 is 11.6 Å². The summed E-state index contributed by atoms with van der Waals surface area (Å²) in [5, 5.41) is 13.8. The first-order valence-corrected chi connectivity index (χ1v) is 5.94. The summed E-state index contributed by atoms with van der Waals surface area (Å²) in [5.41, 5.74) is -1.18. The standard InChI is InChI=1S/C12H14ClFN2O3/c1-3-12(2,10(17)18)16-11(19)15-9-5-4-7(14)6-8(9)13/h4-6H,3H2,1-2H3,(H,17,18)(H2,15,16,19). The van der Waals surface area contributed by atoms with Gasteiger partial charge < -0.3 is 15.7 Å². The van der Waals surface area contributed by atoms with Crippen molar-refractivity contribution in [3.05, 3.63) is 29.0 Å². The van der Waals surface area contributed by atoms with Gasteiger partial charge in [0.05, 0.1) is 10.7 Å². The lowest BCUT2D eigenvalue weighted by Crippen LogP contribution is -2.53.